The Balaban J connectivity index is 2.86. The number of alkyl halides is 1. The number of benzene rings is 1. The summed E-state index contributed by atoms with van der Waals surface area (Å²) in [7, 11) is 0. The minimum absolute atomic E-state index is 0.0131. The molecule has 2 nitrogen and oxygen atoms in total. The third kappa shape index (κ3) is 4.25. The van der Waals surface area contributed by atoms with Gasteiger partial charge in [0.15, 0.2) is 0 Å². The van der Waals surface area contributed by atoms with Gasteiger partial charge in [-0.25, -0.2) is 0 Å². The molecule has 0 radical (unpaired) electrons. The largest absolute Gasteiger partial charge is 0.348 e. The zero-order valence-corrected chi connectivity index (χ0v) is 14.0. The SMILES string of the molecule is Cc1ccc(Br)cc1C(=O)NC(CI)C(C)C. The summed E-state index contributed by atoms with van der Waals surface area (Å²) in [4.78, 5) is 12.2. The van der Waals surface area contributed by atoms with Crippen molar-refractivity contribution in [1.82, 2.24) is 5.32 Å². The summed E-state index contributed by atoms with van der Waals surface area (Å²) >= 11 is 5.70. The van der Waals surface area contributed by atoms with Gasteiger partial charge in [-0.3, -0.25) is 4.79 Å². The number of nitrogens with one attached hydrogen (secondary N) is 1. The predicted octanol–water partition coefficient (Wildman–Crippen LogP) is 3.95. The highest BCUT2D eigenvalue weighted by molar-refractivity contribution is 14.1. The lowest BCUT2D eigenvalue weighted by molar-refractivity contribution is 0.0931. The molecule has 0 saturated heterocycles. The van der Waals surface area contributed by atoms with Crippen molar-refractivity contribution >= 4 is 44.4 Å². The standard InChI is InChI=1S/C13H17BrINO/c1-8(2)12(7-15)16-13(17)11-6-10(14)5-4-9(11)3/h4-6,8,12H,7H2,1-3H3,(H,16,17). The van der Waals surface area contributed by atoms with Crippen molar-refractivity contribution in [1.29, 1.82) is 0 Å². The van der Waals surface area contributed by atoms with Gasteiger partial charge in [-0.2, -0.15) is 0 Å². The van der Waals surface area contributed by atoms with E-state index in [-0.39, 0.29) is 11.9 Å². The number of carbonyl (C=O) groups is 1. The van der Waals surface area contributed by atoms with Gasteiger partial charge in [0.1, 0.15) is 0 Å². The second-order valence-corrected chi connectivity index (χ2v) is 6.23. The van der Waals surface area contributed by atoms with Gasteiger partial charge >= 0.3 is 0 Å². The van der Waals surface area contributed by atoms with Crippen LogP contribution < -0.4 is 5.32 Å². The molecule has 0 saturated carbocycles. The fourth-order valence-corrected chi connectivity index (χ4v) is 3.07. The Hall–Kier alpha value is -0.100. The number of carbonyl (C=O) groups excluding carboxylic acids is 1. The first-order valence-electron chi connectivity index (χ1n) is 5.58. The van der Waals surface area contributed by atoms with Gasteiger partial charge in [0.05, 0.1) is 0 Å². The zero-order valence-electron chi connectivity index (χ0n) is 10.3. The van der Waals surface area contributed by atoms with Gasteiger partial charge in [-0.1, -0.05) is 58.4 Å². The van der Waals surface area contributed by atoms with E-state index in [9.17, 15) is 4.79 Å². The molecule has 1 N–H and O–H groups in total. The highest BCUT2D eigenvalue weighted by Crippen LogP contribution is 2.16. The van der Waals surface area contributed by atoms with Crippen LogP contribution in [0.15, 0.2) is 22.7 Å². The van der Waals surface area contributed by atoms with E-state index in [1.807, 2.05) is 25.1 Å². The minimum Gasteiger partial charge on any atom is -0.348 e. The molecule has 0 aromatic heterocycles. The quantitative estimate of drug-likeness (QED) is 0.592. The van der Waals surface area contributed by atoms with Crippen molar-refractivity contribution in [2.45, 2.75) is 26.8 Å². The van der Waals surface area contributed by atoms with Crippen molar-refractivity contribution < 1.29 is 4.79 Å². The van der Waals surface area contributed by atoms with Gasteiger partial charge < -0.3 is 5.32 Å². The topological polar surface area (TPSA) is 29.1 Å². The van der Waals surface area contributed by atoms with Crippen LogP contribution in [0.25, 0.3) is 0 Å². The average Bonchev–Trinajstić information content (AvgIpc) is 2.28. The number of hydrogen-bond acceptors (Lipinski definition) is 1. The van der Waals surface area contributed by atoms with Crippen LogP contribution in [0.4, 0.5) is 0 Å². The molecule has 1 amide bonds. The molecule has 17 heavy (non-hydrogen) atoms. The normalized spacial score (nSPS) is 12.6. The van der Waals surface area contributed by atoms with E-state index in [1.165, 1.54) is 0 Å². The van der Waals surface area contributed by atoms with Gasteiger partial charge in [0.25, 0.3) is 5.91 Å². The van der Waals surface area contributed by atoms with Crippen LogP contribution in [0.1, 0.15) is 29.8 Å². The van der Waals surface area contributed by atoms with E-state index in [0.717, 1.165) is 20.0 Å². The summed E-state index contributed by atoms with van der Waals surface area (Å²) in [5, 5.41) is 3.08. The van der Waals surface area contributed by atoms with Crippen molar-refractivity contribution in [3.8, 4) is 0 Å². The van der Waals surface area contributed by atoms with Crippen molar-refractivity contribution in [2.24, 2.45) is 5.92 Å². The van der Waals surface area contributed by atoms with Crippen molar-refractivity contribution in [2.75, 3.05) is 4.43 Å². The average molecular weight is 410 g/mol. The van der Waals surface area contributed by atoms with Crippen LogP contribution in [0, 0.1) is 12.8 Å². The van der Waals surface area contributed by atoms with Gasteiger partial charge in [0.2, 0.25) is 0 Å². The molecule has 0 aliphatic rings. The first-order valence-corrected chi connectivity index (χ1v) is 7.90. The molecule has 0 heterocycles. The number of rotatable bonds is 4. The van der Waals surface area contributed by atoms with E-state index >= 15 is 0 Å². The Morgan fingerprint density at radius 2 is 2.12 bits per heavy atom. The van der Waals surface area contributed by atoms with E-state index in [2.05, 4.69) is 57.7 Å². The Labute approximate surface area is 125 Å². The Kier molecular flexibility index (Phi) is 5.92. The fraction of sp³-hybridized carbons (Fsp3) is 0.462. The van der Waals surface area contributed by atoms with Gasteiger partial charge in [-0.15, -0.1) is 0 Å². The lowest BCUT2D eigenvalue weighted by Crippen LogP contribution is -2.39. The second kappa shape index (κ2) is 6.73. The maximum absolute atomic E-state index is 12.2. The molecule has 1 aromatic carbocycles. The van der Waals surface area contributed by atoms with E-state index in [1.54, 1.807) is 0 Å². The molecule has 4 heteroatoms. The third-order valence-corrected chi connectivity index (χ3v) is 4.17. The van der Waals surface area contributed by atoms with Crippen LogP contribution in [0.3, 0.4) is 0 Å². The molecular formula is C13H17BrINO. The van der Waals surface area contributed by atoms with Crippen molar-refractivity contribution in [3.05, 3.63) is 33.8 Å². The Morgan fingerprint density at radius 3 is 2.65 bits per heavy atom. The summed E-state index contributed by atoms with van der Waals surface area (Å²) in [5.41, 5.74) is 1.75. The summed E-state index contributed by atoms with van der Waals surface area (Å²) in [6.07, 6.45) is 0. The molecule has 1 unspecified atom stereocenters. The number of aryl methyl sites for hydroxylation is 1. The Morgan fingerprint density at radius 1 is 1.47 bits per heavy atom. The molecule has 1 rings (SSSR count). The van der Waals surface area contributed by atoms with Crippen LogP contribution in [-0.4, -0.2) is 16.4 Å². The van der Waals surface area contributed by atoms with Crippen LogP contribution >= 0.6 is 38.5 Å². The lowest BCUT2D eigenvalue weighted by Gasteiger charge is -2.20. The minimum atomic E-state index is 0.0131. The summed E-state index contributed by atoms with van der Waals surface area (Å²) in [6, 6.07) is 5.99. The molecule has 0 spiro atoms. The van der Waals surface area contributed by atoms with Crippen LogP contribution in [-0.2, 0) is 0 Å². The summed E-state index contributed by atoms with van der Waals surface area (Å²) in [5.74, 6) is 0.461. The number of hydrogen-bond donors (Lipinski definition) is 1. The maximum Gasteiger partial charge on any atom is 0.251 e. The molecule has 1 aromatic rings. The molecule has 0 bridgehead atoms. The van der Waals surface area contributed by atoms with E-state index < -0.39 is 0 Å². The first-order chi connectivity index (χ1) is 7.95. The molecule has 0 fully saturated rings. The lowest BCUT2D eigenvalue weighted by atomic mass is 10.0. The smallest absolute Gasteiger partial charge is 0.251 e. The highest BCUT2D eigenvalue weighted by Gasteiger charge is 2.17. The fourth-order valence-electron chi connectivity index (χ4n) is 1.47. The molecule has 1 atom stereocenters. The summed E-state index contributed by atoms with van der Waals surface area (Å²) < 4.78 is 1.86. The second-order valence-electron chi connectivity index (χ2n) is 4.44. The predicted molar refractivity (Wildman–Crippen MR) is 83.9 cm³/mol. The van der Waals surface area contributed by atoms with Gasteiger partial charge in [0, 0.05) is 20.5 Å². The molecule has 0 aliphatic heterocycles. The Bertz CT molecular complexity index is 406. The van der Waals surface area contributed by atoms with Crippen LogP contribution in [0.5, 0.6) is 0 Å². The molecular weight excluding hydrogens is 393 g/mol. The molecule has 94 valence electrons. The van der Waals surface area contributed by atoms with E-state index in [0.29, 0.717) is 5.92 Å². The van der Waals surface area contributed by atoms with E-state index in [4.69, 9.17) is 0 Å². The number of halogens is 2. The maximum atomic E-state index is 12.2. The number of amides is 1. The van der Waals surface area contributed by atoms with Crippen LogP contribution in [0.2, 0.25) is 0 Å². The highest BCUT2D eigenvalue weighted by atomic mass is 127. The first kappa shape index (κ1) is 15.0. The third-order valence-electron chi connectivity index (χ3n) is 2.73. The van der Waals surface area contributed by atoms with Crippen molar-refractivity contribution in [3.63, 3.8) is 0 Å². The molecule has 0 aliphatic carbocycles. The van der Waals surface area contributed by atoms with Gasteiger partial charge in [-0.05, 0) is 30.5 Å². The monoisotopic (exact) mass is 409 g/mol. The summed E-state index contributed by atoms with van der Waals surface area (Å²) in [6.45, 7) is 6.20. The zero-order chi connectivity index (χ0) is 13.0.